The SMILES string of the molecule is CC(C)C(NC(=O)c1ccccc1F)C(=O)N/N=C/c1cc(Br)ccc1O. The van der Waals surface area contributed by atoms with Gasteiger partial charge in [0, 0.05) is 10.0 Å². The number of phenolic OH excluding ortho intramolecular Hbond substituents is 1. The molecule has 142 valence electrons. The van der Waals surface area contributed by atoms with Crippen LogP contribution in [0.3, 0.4) is 0 Å². The molecular weight excluding hydrogens is 417 g/mol. The number of hydrogen-bond acceptors (Lipinski definition) is 4. The van der Waals surface area contributed by atoms with E-state index >= 15 is 0 Å². The Morgan fingerprint density at radius 1 is 1.22 bits per heavy atom. The third kappa shape index (κ3) is 5.62. The number of aromatic hydroxyl groups is 1. The molecule has 0 heterocycles. The molecule has 0 bridgehead atoms. The van der Waals surface area contributed by atoms with Gasteiger partial charge in [-0.05, 0) is 36.2 Å². The van der Waals surface area contributed by atoms with Crippen LogP contribution in [0.25, 0.3) is 0 Å². The van der Waals surface area contributed by atoms with Crippen LogP contribution in [0.1, 0.15) is 29.8 Å². The minimum absolute atomic E-state index is 0.00413. The highest BCUT2D eigenvalue weighted by Gasteiger charge is 2.25. The molecule has 3 N–H and O–H groups in total. The summed E-state index contributed by atoms with van der Waals surface area (Å²) in [4.78, 5) is 24.6. The third-order valence-electron chi connectivity index (χ3n) is 3.72. The molecule has 6 nitrogen and oxygen atoms in total. The zero-order valence-corrected chi connectivity index (χ0v) is 16.3. The van der Waals surface area contributed by atoms with Crippen molar-refractivity contribution in [2.75, 3.05) is 0 Å². The lowest BCUT2D eigenvalue weighted by Gasteiger charge is -2.20. The molecule has 0 saturated carbocycles. The zero-order valence-electron chi connectivity index (χ0n) is 14.7. The number of amides is 2. The average Bonchev–Trinajstić information content (AvgIpc) is 2.62. The predicted octanol–water partition coefficient (Wildman–Crippen LogP) is 3.20. The van der Waals surface area contributed by atoms with Crippen molar-refractivity contribution in [1.82, 2.24) is 10.7 Å². The monoisotopic (exact) mass is 435 g/mol. The highest BCUT2D eigenvalue weighted by Crippen LogP contribution is 2.20. The maximum atomic E-state index is 13.7. The van der Waals surface area contributed by atoms with Crippen LogP contribution in [-0.4, -0.2) is 29.2 Å². The van der Waals surface area contributed by atoms with E-state index in [2.05, 4.69) is 31.8 Å². The Hall–Kier alpha value is -2.74. The summed E-state index contributed by atoms with van der Waals surface area (Å²) in [5.74, 6) is -2.16. The average molecular weight is 436 g/mol. The lowest BCUT2D eigenvalue weighted by Crippen LogP contribution is -2.48. The Bertz CT molecular complexity index is 871. The first-order valence-electron chi connectivity index (χ1n) is 8.16. The van der Waals surface area contributed by atoms with E-state index in [-0.39, 0.29) is 17.2 Å². The summed E-state index contributed by atoms with van der Waals surface area (Å²) in [5.41, 5.74) is 2.59. The van der Waals surface area contributed by atoms with Gasteiger partial charge in [0.1, 0.15) is 17.6 Å². The molecule has 0 aliphatic carbocycles. The Morgan fingerprint density at radius 3 is 2.59 bits per heavy atom. The summed E-state index contributed by atoms with van der Waals surface area (Å²) in [6, 6.07) is 9.40. The fourth-order valence-electron chi connectivity index (χ4n) is 2.26. The molecule has 2 aromatic carbocycles. The fourth-order valence-corrected chi connectivity index (χ4v) is 2.64. The fraction of sp³-hybridized carbons (Fsp3) is 0.211. The van der Waals surface area contributed by atoms with Crippen LogP contribution in [0.4, 0.5) is 4.39 Å². The van der Waals surface area contributed by atoms with E-state index in [1.165, 1.54) is 36.5 Å². The second-order valence-electron chi connectivity index (χ2n) is 6.11. The van der Waals surface area contributed by atoms with E-state index in [1.54, 1.807) is 26.0 Å². The van der Waals surface area contributed by atoms with Gasteiger partial charge < -0.3 is 10.4 Å². The Morgan fingerprint density at radius 2 is 1.93 bits per heavy atom. The van der Waals surface area contributed by atoms with Gasteiger partial charge in [-0.1, -0.05) is 41.9 Å². The smallest absolute Gasteiger partial charge is 0.262 e. The molecule has 1 unspecified atom stereocenters. The second kappa shape index (κ2) is 9.27. The molecule has 2 aromatic rings. The Kier molecular flexibility index (Phi) is 7.06. The molecule has 0 spiro atoms. The van der Waals surface area contributed by atoms with Gasteiger partial charge in [-0.3, -0.25) is 9.59 Å². The van der Waals surface area contributed by atoms with Gasteiger partial charge in [0.25, 0.3) is 11.8 Å². The molecule has 2 rings (SSSR count). The topological polar surface area (TPSA) is 90.8 Å². The van der Waals surface area contributed by atoms with Gasteiger partial charge in [-0.15, -0.1) is 0 Å². The van der Waals surface area contributed by atoms with E-state index in [1.807, 2.05) is 0 Å². The van der Waals surface area contributed by atoms with Gasteiger partial charge in [0.15, 0.2) is 0 Å². The maximum absolute atomic E-state index is 13.7. The summed E-state index contributed by atoms with van der Waals surface area (Å²) >= 11 is 3.28. The highest BCUT2D eigenvalue weighted by molar-refractivity contribution is 9.10. The van der Waals surface area contributed by atoms with Crippen LogP contribution >= 0.6 is 15.9 Å². The van der Waals surface area contributed by atoms with Gasteiger partial charge in [0.05, 0.1) is 11.8 Å². The molecule has 2 amide bonds. The number of carbonyl (C=O) groups is 2. The number of rotatable bonds is 6. The first-order chi connectivity index (χ1) is 12.8. The summed E-state index contributed by atoms with van der Waals surface area (Å²) < 4.78 is 14.5. The molecule has 8 heteroatoms. The third-order valence-corrected chi connectivity index (χ3v) is 4.22. The number of nitrogens with zero attached hydrogens (tertiary/aromatic N) is 1. The van der Waals surface area contributed by atoms with Crippen LogP contribution in [0.2, 0.25) is 0 Å². The molecule has 0 aromatic heterocycles. The number of nitrogens with one attached hydrogen (secondary N) is 2. The van der Waals surface area contributed by atoms with Crippen LogP contribution in [0.15, 0.2) is 52.0 Å². The van der Waals surface area contributed by atoms with Crippen LogP contribution in [0.5, 0.6) is 5.75 Å². The molecule has 0 fully saturated rings. The predicted molar refractivity (Wildman–Crippen MR) is 104 cm³/mol. The molecule has 0 radical (unpaired) electrons. The minimum Gasteiger partial charge on any atom is -0.507 e. The normalized spacial score (nSPS) is 12.2. The van der Waals surface area contributed by atoms with Crippen molar-refractivity contribution in [1.29, 1.82) is 0 Å². The first kappa shape index (κ1) is 20.6. The summed E-state index contributed by atoms with van der Waals surface area (Å²) in [7, 11) is 0. The first-order valence-corrected chi connectivity index (χ1v) is 8.95. The van der Waals surface area contributed by atoms with E-state index in [0.717, 1.165) is 4.47 Å². The van der Waals surface area contributed by atoms with Crippen LogP contribution in [0, 0.1) is 11.7 Å². The maximum Gasteiger partial charge on any atom is 0.262 e. The van der Waals surface area contributed by atoms with Gasteiger partial charge in [-0.25, -0.2) is 9.82 Å². The van der Waals surface area contributed by atoms with Crippen molar-refractivity contribution in [2.24, 2.45) is 11.0 Å². The lowest BCUT2D eigenvalue weighted by molar-refractivity contribution is -0.123. The van der Waals surface area contributed by atoms with Gasteiger partial charge in [-0.2, -0.15) is 5.10 Å². The zero-order chi connectivity index (χ0) is 20.0. The molecule has 0 saturated heterocycles. The van der Waals surface area contributed by atoms with E-state index < -0.39 is 23.7 Å². The van der Waals surface area contributed by atoms with Crippen molar-refractivity contribution < 1.29 is 19.1 Å². The van der Waals surface area contributed by atoms with Gasteiger partial charge in [0.2, 0.25) is 0 Å². The molecule has 0 aliphatic heterocycles. The second-order valence-corrected chi connectivity index (χ2v) is 7.03. The molecule has 1 atom stereocenters. The van der Waals surface area contributed by atoms with E-state index in [0.29, 0.717) is 5.56 Å². The number of benzene rings is 2. The Balaban J connectivity index is 2.06. The van der Waals surface area contributed by atoms with Crippen molar-refractivity contribution in [3.8, 4) is 5.75 Å². The van der Waals surface area contributed by atoms with Crippen LogP contribution < -0.4 is 10.7 Å². The number of hydrogen-bond donors (Lipinski definition) is 3. The summed E-state index contributed by atoms with van der Waals surface area (Å²) in [6.07, 6.45) is 1.29. The molecule has 0 aliphatic rings. The Labute approximate surface area is 164 Å². The number of halogens is 2. The van der Waals surface area contributed by atoms with Gasteiger partial charge >= 0.3 is 0 Å². The lowest BCUT2D eigenvalue weighted by atomic mass is 10.0. The van der Waals surface area contributed by atoms with Crippen molar-refractivity contribution in [2.45, 2.75) is 19.9 Å². The molecular formula is C19H19BrFN3O3. The number of carbonyl (C=O) groups excluding carboxylic acids is 2. The van der Waals surface area contributed by atoms with E-state index in [4.69, 9.17) is 0 Å². The van der Waals surface area contributed by atoms with E-state index in [9.17, 15) is 19.1 Å². The molecule has 27 heavy (non-hydrogen) atoms. The number of phenols is 1. The van der Waals surface area contributed by atoms with Crippen molar-refractivity contribution >= 4 is 34.0 Å². The standard InChI is InChI=1S/C19H19BrFN3O3/c1-11(2)17(23-18(26)14-5-3-4-6-15(14)21)19(27)24-22-10-12-9-13(20)7-8-16(12)25/h3-11,17,25H,1-2H3,(H,23,26)(H,24,27)/b22-10+. The summed E-state index contributed by atoms with van der Waals surface area (Å²) in [5, 5.41) is 16.1. The highest BCUT2D eigenvalue weighted by atomic mass is 79.9. The number of hydrazone groups is 1. The minimum atomic E-state index is -0.912. The van der Waals surface area contributed by atoms with Crippen LogP contribution in [-0.2, 0) is 4.79 Å². The summed E-state index contributed by atoms with van der Waals surface area (Å²) in [6.45, 7) is 3.49. The quantitative estimate of drug-likeness (QED) is 0.480. The van der Waals surface area contributed by atoms with Crippen molar-refractivity contribution in [3.63, 3.8) is 0 Å². The van der Waals surface area contributed by atoms with Crippen molar-refractivity contribution in [3.05, 3.63) is 63.9 Å². The largest absolute Gasteiger partial charge is 0.507 e.